The molecule has 1 saturated heterocycles. The van der Waals surface area contributed by atoms with Gasteiger partial charge in [0.05, 0.1) is 11.0 Å². The summed E-state index contributed by atoms with van der Waals surface area (Å²) in [6, 6.07) is 10.1. The number of nitrogens with one attached hydrogen (secondary N) is 1. The molecule has 0 aliphatic carbocycles. The molecule has 0 amide bonds. The van der Waals surface area contributed by atoms with Crippen molar-refractivity contribution in [3.8, 4) is 0 Å². The monoisotopic (exact) mass is 506 g/mol. The van der Waals surface area contributed by atoms with E-state index in [1.54, 1.807) is 12.4 Å². The van der Waals surface area contributed by atoms with Gasteiger partial charge in [-0.3, -0.25) is 4.99 Å². The first-order chi connectivity index (χ1) is 13.8. The molecule has 29 heavy (non-hydrogen) atoms. The molecular weight excluding hydrogens is 479 g/mol. The van der Waals surface area contributed by atoms with Gasteiger partial charge in [-0.2, -0.15) is 0 Å². The Hall–Kier alpha value is -2.43. The lowest BCUT2D eigenvalue weighted by molar-refractivity contribution is 0.369. The molecule has 0 spiro atoms. The highest BCUT2D eigenvalue weighted by molar-refractivity contribution is 14.0. The minimum Gasteiger partial charge on any atom is -0.354 e. The van der Waals surface area contributed by atoms with E-state index in [1.807, 2.05) is 19.2 Å². The molecule has 2 aromatic heterocycles. The molecule has 1 aliphatic rings. The average Bonchev–Trinajstić information content (AvgIpc) is 3.07. The van der Waals surface area contributed by atoms with Crippen LogP contribution in [0.2, 0.25) is 0 Å². The third-order valence-corrected chi connectivity index (χ3v) is 5.09. The first-order valence-corrected chi connectivity index (χ1v) is 9.65. The highest BCUT2D eigenvalue weighted by atomic mass is 127. The average molecular weight is 506 g/mol. The standard InChI is InChI=1S/C20H26N8.HI/c1-16-25-17-6-3-4-7-18(17)28(16)11-10-24-19(21-2)26-12-14-27(15-13-26)20-22-8-5-9-23-20;/h3-9H,10-15H2,1-2H3,(H,21,24);1H. The Morgan fingerprint density at radius 3 is 2.52 bits per heavy atom. The van der Waals surface area contributed by atoms with E-state index in [1.165, 1.54) is 5.52 Å². The number of guanidine groups is 1. The van der Waals surface area contributed by atoms with Crippen molar-refractivity contribution in [2.75, 3.05) is 44.7 Å². The highest BCUT2D eigenvalue weighted by Crippen LogP contribution is 2.15. The molecule has 0 unspecified atom stereocenters. The summed E-state index contributed by atoms with van der Waals surface area (Å²) < 4.78 is 2.25. The van der Waals surface area contributed by atoms with Crippen molar-refractivity contribution in [3.63, 3.8) is 0 Å². The van der Waals surface area contributed by atoms with E-state index in [2.05, 4.69) is 64.8 Å². The topological polar surface area (TPSA) is 74.5 Å². The maximum Gasteiger partial charge on any atom is 0.225 e. The third-order valence-electron chi connectivity index (χ3n) is 5.09. The lowest BCUT2D eigenvalue weighted by Crippen LogP contribution is -2.53. The van der Waals surface area contributed by atoms with Crippen molar-refractivity contribution in [3.05, 3.63) is 48.5 Å². The summed E-state index contributed by atoms with van der Waals surface area (Å²) in [5, 5.41) is 3.50. The third kappa shape index (κ3) is 4.77. The summed E-state index contributed by atoms with van der Waals surface area (Å²) in [6.07, 6.45) is 3.58. The molecule has 3 aromatic rings. The lowest BCUT2D eigenvalue weighted by atomic mass is 10.3. The molecule has 0 saturated carbocycles. The van der Waals surface area contributed by atoms with Gasteiger partial charge >= 0.3 is 0 Å². The summed E-state index contributed by atoms with van der Waals surface area (Å²) in [6.45, 7) is 7.26. The fraction of sp³-hybridized carbons (Fsp3) is 0.400. The van der Waals surface area contributed by atoms with E-state index in [0.29, 0.717) is 0 Å². The first-order valence-electron chi connectivity index (χ1n) is 9.65. The molecule has 1 fully saturated rings. The van der Waals surface area contributed by atoms with Gasteiger partial charge in [0.15, 0.2) is 5.96 Å². The number of para-hydroxylation sites is 2. The Kier molecular flexibility index (Phi) is 7.24. The Bertz CT molecular complexity index is 948. The van der Waals surface area contributed by atoms with Crippen LogP contribution in [0.15, 0.2) is 47.7 Å². The van der Waals surface area contributed by atoms with E-state index >= 15 is 0 Å². The second-order valence-corrected chi connectivity index (χ2v) is 6.80. The molecule has 1 aliphatic heterocycles. The van der Waals surface area contributed by atoms with Crippen molar-refractivity contribution in [2.24, 2.45) is 4.99 Å². The van der Waals surface area contributed by atoms with Crippen LogP contribution < -0.4 is 10.2 Å². The van der Waals surface area contributed by atoms with Gasteiger partial charge in [-0.25, -0.2) is 15.0 Å². The number of hydrogen-bond donors (Lipinski definition) is 1. The van der Waals surface area contributed by atoms with Gasteiger partial charge in [-0.05, 0) is 25.1 Å². The lowest BCUT2D eigenvalue weighted by Gasteiger charge is -2.36. The number of anilines is 1. The molecule has 4 rings (SSSR count). The van der Waals surface area contributed by atoms with Crippen LogP contribution >= 0.6 is 24.0 Å². The first kappa shape index (κ1) is 21.3. The normalized spacial score (nSPS) is 14.8. The van der Waals surface area contributed by atoms with Crippen LogP contribution in [0, 0.1) is 6.92 Å². The maximum absolute atomic E-state index is 4.64. The number of piperazine rings is 1. The number of aliphatic imine (C=N–C) groups is 1. The highest BCUT2D eigenvalue weighted by Gasteiger charge is 2.21. The number of fused-ring (bicyclic) bond motifs is 1. The zero-order valence-electron chi connectivity index (χ0n) is 16.8. The molecular formula is C20H27IN8. The van der Waals surface area contributed by atoms with Gasteiger partial charge < -0.3 is 19.7 Å². The second-order valence-electron chi connectivity index (χ2n) is 6.80. The smallest absolute Gasteiger partial charge is 0.225 e. The van der Waals surface area contributed by atoms with Gasteiger partial charge in [0.2, 0.25) is 5.95 Å². The van der Waals surface area contributed by atoms with Crippen molar-refractivity contribution in [1.29, 1.82) is 0 Å². The number of halogens is 1. The van der Waals surface area contributed by atoms with Crippen molar-refractivity contribution >= 4 is 46.9 Å². The van der Waals surface area contributed by atoms with Crippen LogP contribution in [0.4, 0.5) is 5.95 Å². The molecule has 9 heteroatoms. The number of rotatable bonds is 4. The molecule has 1 aromatic carbocycles. The van der Waals surface area contributed by atoms with E-state index in [9.17, 15) is 0 Å². The van der Waals surface area contributed by atoms with Crippen LogP contribution in [-0.4, -0.2) is 70.1 Å². The molecule has 154 valence electrons. The van der Waals surface area contributed by atoms with Crippen LogP contribution in [0.25, 0.3) is 11.0 Å². The SMILES string of the molecule is CN=C(NCCn1c(C)nc2ccccc21)N1CCN(c2ncccn2)CC1.I. The van der Waals surface area contributed by atoms with Crippen molar-refractivity contribution < 1.29 is 0 Å². The predicted molar refractivity (Wildman–Crippen MR) is 127 cm³/mol. The van der Waals surface area contributed by atoms with E-state index in [4.69, 9.17) is 0 Å². The zero-order valence-corrected chi connectivity index (χ0v) is 19.2. The van der Waals surface area contributed by atoms with Gasteiger partial charge in [-0.1, -0.05) is 12.1 Å². The maximum atomic E-state index is 4.64. The van der Waals surface area contributed by atoms with Crippen LogP contribution in [0.5, 0.6) is 0 Å². The van der Waals surface area contributed by atoms with E-state index in [0.717, 1.165) is 62.5 Å². The number of hydrogen-bond acceptors (Lipinski definition) is 5. The van der Waals surface area contributed by atoms with Gasteiger partial charge in [0, 0.05) is 58.7 Å². The van der Waals surface area contributed by atoms with Crippen LogP contribution in [0.3, 0.4) is 0 Å². The quantitative estimate of drug-likeness (QED) is 0.332. The van der Waals surface area contributed by atoms with Crippen molar-refractivity contribution in [2.45, 2.75) is 13.5 Å². The minimum atomic E-state index is 0. The zero-order chi connectivity index (χ0) is 19.3. The molecule has 3 heterocycles. The summed E-state index contributed by atoms with van der Waals surface area (Å²) in [4.78, 5) is 22.3. The van der Waals surface area contributed by atoms with E-state index in [-0.39, 0.29) is 24.0 Å². The fourth-order valence-electron chi connectivity index (χ4n) is 3.66. The Morgan fingerprint density at radius 1 is 1.07 bits per heavy atom. The van der Waals surface area contributed by atoms with Gasteiger partial charge in [0.25, 0.3) is 0 Å². The molecule has 0 radical (unpaired) electrons. The molecule has 0 atom stereocenters. The van der Waals surface area contributed by atoms with E-state index < -0.39 is 0 Å². The number of nitrogens with zero attached hydrogens (tertiary/aromatic N) is 7. The van der Waals surface area contributed by atoms with Crippen LogP contribution in [-0.2, 0) is 6.54 Å². The number of aryl methyl sites for hydroxylation is 1. The summed E-state index contributed by atoms with van der Waals surface area (Å²) in [5.41, 5.74) is 2.22. The van der Waals surface area contributed by atoms with Gasteiger partial charge in [-0.15, -0.1) is 24.0 Å². The predicted octanol–water partition coefficient (Wildman–Crippen LogP) is 2.15. The van der Waals surface area contributed by atoms with Gasteiger partial charge in [0.1, 0.15) is 5.82 Å². The number of imidazole rings is 1. The molecule has 0 bridgehead atoms. The minimum absolute atomic E-state index is 0. The molecule has 8 nitrogen and oxygen atoms in total. The summed E-state index contributed by atoms with van der Waals surface area (Å²) >= 11 is 0. The largest absolute Gasteiger partial charge is 0.354 e. The van der Waals surface area contributed by atoms with Crippen molar-refractivity contribution in [1.82, 2.24) is 29.7 Å². The summed E-state index contributed by atoms with van der Waals surface area (Å²) in [5.74, 6) is 2.78. The Balaban J connectivity index is 0.00000240. The number of benzene rings is 1. The second kappa shape index (κ2) is 9.86. The van der Waals surface area contributed by atoms with Crippen LogP contribution in [0.1, 0.15) is 5.82 Å². The Morgan fingerprint density at radius 2 is 1.79 bits per heavy atom. The summed E-state index contributed by atoms with van der Waals surface area (Å²) in [7, 11) is 1.84. The Labute approximate surface area is 188 Å². The molecule has 1 N–H and O–H groups in total. The number of aromatic nitrogens is 4. The fourth-order valence-corrected chi connectivity index (χ4v) is 3.66.